The molecule has 4 saturated carbocycles. The fourth-order valence-corrected chi connectivity index (χ4v) is 17.3. The summed E-state index contributed by atoms with van der Waals surface area (Å²) in [6.07, 6.45) is -22.8. The summed E-state index contributed by atoms with van der Waals surface area (Å²) in [6, 6.07) is 0. The van der Waals surface area contributed by atoms with Crippen molar-refractivity contribution in [3.63, 3.8) is 0 Å². The quantitative estimate of drug-likeness (QED) is 0.0346. The van der Waals surface area contributed by atoms with Gasteiger partial charge in [0.05, 0.1) is 75.4 Å². The highest BCUT2D eigenvalue weighted by atomic mass is 16.8. The molecule has 5 aliphatic carbocycles. The number of hydrogen-bond acceptors (Lipinski definition) is 26. The smallest absolute Gasteiger partial charge is 0.335 e. The molecule has 9 aliphatic rings. The number of carbonyl (C=O) groups excluding carboxylic acids is 2. The fraction of sp³-hybridized carbons (Fsp3) is 0.917. The van der Waals surface area contributed by atoms with Gasteiger partial charge in [0.1, 0.15) is 73.8 Å². The molecule has 27 heteroatoms. The van der Waals surface area contributed by atoms with Crippen molar-refractivity contribution in [3.8, 4) is 0 Å². The number of aliphatic hydroxyl groups excluding tert-OH is 13. The number of aliphatic carboxylic acids is 1. The molecule has 0 spiro atoms. The summed E-state index contributed by atoms with van der Waals surface area (Å²) in [7, 11) is 0. The maximum Gasteiger partial charge on any atom is 0.335 e. The zero-order chi connectivity index (χ0) is 64.3. The van der Waals surface area contributed by atoms with Gasteiger partial charge in [-0.25, -0.2) is 4.79 Å². The summed E-state index contributed by atoms with van der Waals surface area (Å²) in [6.45, 7) is 17.6. The molecule has 9 rings (SSSR count). The Kier molecular flexibility index (Phi) is 21.9. The standard InChI is InChI=1S/C54H84O23.C6H15NO3/c1-22(23(2)71-24(3)57)45(68)70-21-54-26-16-49(4,5)43(42(54)65)73-32(54)17-53(9)25(26)10-11-30-50(6)14-13-31(51(7,20-56)29(50)12-15-52(30,53)8)74-48-40(76-46-36(62)33(59)27(58)19-69-46)38(64)39(41(77-48)44(66)67)75-47-37(63)35(61)34(60)28(18-55)72-47;8-4-1-7(2-5-9)3-6-10/h10,22-23,26-43,46-48,55-56,58-65H,11-21H2,1-9H3,(H,66,67);8-10H,1-6H2/t22?,23?,26?,27-,28-,29?,30?,31?,32-,33+,34-,35+,36-,37-,38+,39+,40-,41+,42?,43-,46+,47-,48-,50?,51-,52?,53-,54?;/m1./s1. The Hall–Kier alpha value is -2.69. The van der Waals surface area contributed by atoms with Gasteiger partial charge in [0.2, 0.25) is 0 Å². The lowest BCUT2D eigenvalue weighted by molar-refractivity contribution is -0.387. The number of esters is 2. The van der Waals surface area contributed by atoms with E-state index in [1.165, 1.54) is 12.5 Å². The fourth-order valence-electron chi connectivity index (χ4n) is 17.3. The Balaban J connectivity index is 0.000000900. The summed E-state index contributed by atoms with van der Waals surface area (Å²) < 4.78 is 54.3. The molecule has 8 fully saturated rings. The first-order valence-electron chi connectivity index (χ1n) is 30.8. The molecule has 0 aromatic rings. The SMILES string of the molecule is CC(=O)OC(C)C(C)C(=O)OCC12C3CC(C)(C)[C@H](O[C@@H]1C[C@]1(C)C3=CCC3C4(C)CCC(O[C@@H]5O[C@H](C(=O)O)[C@@H](O[C@H]6O[C@H](CO)[C@@H](O)[C@H](O)[C@H]6O)[C@H](O)[C@H]5O[C@@H]5OC[C@@H](O)[C@H](O)[C@H]5O)[C@](C)(CO)C4CCC31C)C2O.OCCN(CCO)CCO. The van der Waals surface area contributed by atoms with Crippen LogP contribution in [-0.2, 0) is 57.0 Å². The Morgan fingerprint density at radius 3 is 1.94 bits per heavy atom. The molecule has 4 saturated heterocycles. The van der Waals surface area contributed by atoms with Gasteiger partial charge in [-0.15, -0.1) is 0 Å². The zero-order valence-electron chi connectivity index (χ0n) is 51.5. The van der Waals surface area contributed by atoms with Crippen molar-refractivity contribution in [2.24, 2.45) is 56.2 Å². The van der Waals surface area contributed by atoms with Crippen LogP contribution in [0.2, 0.25) is 0 Å². The van der Waals surface area contributed by atoms with Crippen LogP contribution in [0, 0.1) is 56.2 Å². The van der Waals surface area contributed by atoms with Gasteiger partial charge in [0.15, 0.2) is 25.0 Å². The summed E-state index contributed by atoms with van der Waals surface area (Å²) in [5, 5.41) is 146. The monoisotopic (exact) mass is 1250 g/mol. The number of aliphatic hydroxyl groups is 13. The van der Waals surface area contributed by atoms with Crippen molar-refractivity contribution in [2.45, 2.75) is 224 Å². The highest BCUT2D eigenvalue weighted by molar-refractivity contribution is 5.74. The van der Waals surface area contributed by atoms with Crippen LogP contribution in [0.1, 0.15) is 107 Å². The normalized spacial score (nSPS) is 47.0. The van der Waals surface area contributed by atoms with Gasteiger partial charge in [-0.05, 0) is 98.2 Å². The predicted molar refractivity (Wildman–Crippen MR) is 299 cm³/mol. The molecule has 0 amide bonds. The molecule has 2 bridgehead atoms. The molecule has 14 N–H and O–H groups in total. The molecule has 0 aromatic heterocycles. The van der Waals surface area contributed by atoms with Gasteiger partial charge in [0.25, 0.3) is 0 Å². The third-order valence-electron chi connectivity index (χ3n) is 22.6. The molecular weight excluding hydrogens is 1150 g/mol. The highest BCUT2D eigenvalue weighted by Gasteiger charge is 2.76. The largest absolute Gasteiger partial charge is 0.479 e. The first-order valence-corrected chi connectivity index (χ1v) is 30.8. The van der Waals surface area contributed by atoms with E-state index in [1.807, 2.05) is 6.92 Å². The van der Waals surface area contributed by atoms with E-state index in [1.54, 1.807) is 18.7 Å². The highest BCUT2D eigenvalue weighted by Crippen LogP contribution is 2.77. The summed E-state index contributed by atoms with van der Waals surface area (Å²) >= 11 is 0. The number of allylic oxidation sites excluding steroid dienone is 2. The number of carboxylic acid groups (broad SMARTS) is 1. The Morgan fingerprint density at radius 2 is 1.34 bits per heavy atom. The molecule has 10 unspecified atom stereocenters. The van der Waals surface area contributed by atoms with Gasteiger partial charge in [-0.2, -0.15) is 0 Å². The maximum atomic E-state index is 13.6. The van der Waals surface area contributed by atoms with Crippen LogP contribution in [-0.4, -0.2) is 277 Å². The molecule has 4 heterocycles. The van der Waals surface area contributed by atoms with Crippen LogP contribution >= 0.6 is 0 Å². The van der Waals surface area contributed by atoms with Gasteiger partial charge < -0.3 is 114 Å². The van der Waals surface area contributed by atoms with E-state index in [0.717, 1.165) is 0 Å². The lowest BCUT2D eigenvalue weighted by atomic mass is 9.33. The number of rotatable bonds is 20. The molecule has 0 aromatic carbocycles. The van der Waals surface area contributed by atoms with E-state index < -0.39 is 181 Å². The van der Waals surface area contributed by atoms with E-state index in [9.17, 15) is 70.6 Å². The minimum absolute atomic E-state index is 0.0482. The topological polar surface area (TPSA) is 421 Å². The van der Waals surface area contributed by atoms with Gasteiger partial charge in [-0.1, -0.05) is 53.2 Å². The van der Waals surface area contributed by atoms with Crippen LogP contribution in [0.25, 0.3) is 0 Å². The average Bonchev–Trinajstić information content (AvgIpc) is 1.66. The van der Waals surface area contributed by atoms with Crippen LogP contribution in [0.3, 0.4) is 0 Å². The summed E-state index contributed by atoms with van der Waals surface area (Å²) in [5.74, 6) is -3.82. The summed E-state index contributed by atoms with van der Waals surface area (Å²) in [4.78, 5) is 40.2. The van der Waals surface area contributed by atoms with Crippen LogP contribution in [0.15, 0.2) is 11.6 Å². The number of fused-ring (bicyclic) bond motifs is 7. The van der Waals surface area contributed by atoms with E-state index in [-0.39, 0.29) is 56.2 Å². The number of nitrogens with zero attached hydrogens (tertiary/aromatic N) is 1. The first-order chi connectivity index (χ1) is 40.8. The second-order valence-electron chi connectivity index (χ2n) is 27.8. The molecule has 0 radical (unpaired) electrons. The van der Waals surface area contributed by atoms with E-state index >= 15 is 0 Å². The number of hydrogen-bond donors (Lipinski definition) is 14. The van der Waals surface area contributed by atoms with Crippen LogP contribution in [0.4, 0.5) is 0 Å². The van der Waals surface area contributed by atoms with Crippen molar-refractivity contribution >= 4 is 17.9 Å². The molecule has 500 valence electrons. The van der Waals surface area contributed by atoms with Gasteiger partial charge >= 0.3 is 17.9 Å². The van der Waals surface area contributed by atoms with Gasteiger partial charge in [0, 0.05) is 32.0 Å². The van der Waals surface area contributed by atoms with Crippen molar-refractivity contribution in [2.75, 3.05) is 65.9 Å². The summed E-state index contributed by atoms with van der Waals surface area (Å²) in [5.41, 5.74) is -2.40. The second kappa shape index (κ2) is 27.1. The minimum Gasteiger partial charge on any atom is -0.479 e. The van der Waals surface area contributed by atoms with Crippen molar-refractivity contribution < 1.29 is 129 Å². The van der Waals surface area contributed by atoms with E-state index in [0.29, 0.717) is 64.6 Å². The second-order valence-corrected chi connectivity index (χ2v) is 27.8. The van der Waals surface area contributed by atoms with Crippen molar-refractivity contribution in [1.29, 1.82) is 0 Å². The molecule has 87 heavy (non-hydrogen) atoms. The average molecular weight is 1250 g/mol. The van der Waals surface area contributed by atoms with Crippen molar-refractivity contribution in [1.82, 2.24) is 4.90 Å². The Labute approximate surface area is 507 Å². The molecular formula is C60H99NO26. The lowest BCUT2D eigenvalue weighted by Crippen LogP contribution is -2.69. The number of carboxylic acids is 1. The molecule has 28 atom stereocenters. The predicted octanol–water partition coefficient (Wildman–Crippen LogP) is -2.32. The minimum atomic E-state index is -2.09. The van der Waals surface area contributed by atoms with Crippen LogP contribution in [0.5, 0.6) is 0 Å². The van der Waals surface area contributed by atoms with E-state index in [2.05, 4.69) is 40.7 Å². The Morgan fingerprint density at radius 1 is 0.713 bits per heavy atom. The van der Waals surface area contributed by atoms with Crippen molar-refractivity contribution in [3.05, 3.63) is 11.6 Å². The first kappa shape index (κ1) is 70.2. The lowest BCUT2D eigenvalue weighted by Gasteiger charge is -2.71. The van der Waals surface area contributed by atoms with E-state index in [4.69, 9.17) is 58.0 Å². The van der Waals surface area contributed by atoms with Gasteiger partial charge in [-0.3, -0.25) is 14.5 Å². The molecule has 4 aliphatic heterocycles. The van der Waals surface area contributed by atoms with Crippen LogP contribution < -0.4 is 0 Å². The Bertz CT molecular complexity index is 2390. The molecule has 27 nitrogen and oxygen atoms in total. The number of carbonyl (C=O) groups is 3. The third-order valence-corrected chi connectivity index (χ3v) is 22.6. The zero-order valence-corrected chi connectivity index (χ0v) is 51.5. The maximum absolute atomic E-state index is 13.6. The third kappa shape index (κ3) is 12.5. The number of ether oxygens (including phenoxy) is 9.